The number of Topliss-reactive ketones (excluding diaryl/α,β-unsaturated/α-hetero) is 1. The van der Waals surface area contributed by atoms with Crippen LogP contribution in [0.5, 0.6) is 0 Å². The Hall–Kier alpha value is -2.03. The number of carbonyl (C=O) groups excluding carboxylic acids is 3. The van der Waals surface area contributed by atoms with Crippen LogP contribution in [0, 0.1) is 29.1 Å². The summed E-state index contributed by atoms with van der Waals surface area (Å²) in [5, 5.41) is 34.8. The summed E-state index contributed by atoms with van der Waals surface area (Å²) in [5.41, 5.74) is -4.71. The Morgan fingerprint density at radius 1 is 0.955 bits per heavy atom. The van der Waals surface area contributed by atoms with E-state index >= 15 is 0 Å². The average Bonchev–Trinajstić information content (AvgIpc) is 3.38. The molecule has 8 heteroatoms. The third-order valence-corrected chi connectivity index (χ3v) is 11.5. The maximum Gasteiger partial charge on any atom is 0.306 e. The first-order chi connectivity index (χ1) is 20.7. The summed E-state index contributed by atoms with van der Waals surface area (Å²) in [7, 11) is 0. The number of carbonyl (C=O) groups is 3. The Labute approximate surface area is 263 Å². The fourth-order valence-corrected chi connectivity index (χ4v) is 9.20. The molecule has 8 nitrogen and oxygen atoms in total. The molecule has 0 heterocycles. The van der Waals surface area contributed by atoms with Gasteiger partial charge in [0.05, 0.1) is 12.2 Å². The first-order valence-electron chi connectivity index (χ1n) is 17.1. The van der Waals surface area contributed by atoms with Crippen molar-refractivity contribution < 1.29 is 39.2 Å². The van der Waals surface area contributed by atoms with Gasteiger partial charge >= 0.3 is 11.9 Å². The summed E-state index contributed by atoms with van der Waals surface area (Å²) in [6.45, 7) is 10.4. The van der Waals surface area contributed by atoms with E-state index in [1.54, 1.807) is 26.0 Å². The molecular formula is C36H56O8. The maximum absolute atomic E-state index is 13.3. The van der Waals surface area contributed by atoms with Gasteiger partial charge in [0.2, 0.25) is 0 Å². The number of fused-ring (bicyclic) bond motifs is 5. The van der Waals surface area contributed by atoms with Gasteiger partial charge in [0.15, 0.2) is 11.4 Å². The molecule has 248 valence electrons. The highest BCUT2D eigenvalue weighted by Crippen LogP contribution is 2.77. The molecular weight excluding hydrogens is 560 g/mol. The first kappa shape index (κ1) is 34.8. The van der Waals surface area contributed by atoms with Crippen LogP contribution in [0.2, 0.25) is 0 Å². The number of esters is 2. The monoisotopic (exact) mass is 616 g/mol. The molecule has 3 N–H and O–H groups in total. The van der Waals surface area contributed by atoms with Crippen LogP contribution >= 0.6 is 0 Å². The highest BCUT2D eigenvalue weighted by molar-refractivity contribution is 6.04. The SMILES string of the molecule is CCCCCCCCCCCCCC(=O)O[C@@H]1[C@H](C)[C@@]2(O)[C@@H](C=C(CO)C[C@]3(O)C(=O)C(C)=C[C@@H]23)[C@@H]2C(C)(C)[C@]12OC(C)=O. The fourth-order valence-electron chi connectivity index (χ4n) is 9.20. The van der Waals surface area contributed by atoms with E-state index in [2.05, 4.69) is 6.92 Å². The van der Waals surface area contributed by atoms with E-state index in [1.165, 1.54) is 51.9 Å². The normalized spacial score (nSPS) is 36.8. The Kier molecular flexibility index (Phi) is 10.6. The quantitative estimate of drug-likeness (QED) is 0.120. The molecule has 44 heavy (non-hydrogen) atoms. The van der Waals surface area contributed by atoms with Gasteiger partial charge in [0, 0.05) is 48.9 Å². The predicted octanol–water partition coefficient (Wildman–Crippen LogP) is 5.75. The van der Waals surface area contributed by atoms with Crippen LogP contribution < -0.4 is 0 Å². The fraction of sp³-hybridized carbons (Fsp3) is 0.806. The van der Waals surface area contributed by atoms with Crippen LogP contribution in [0.4, 0.5) is 0 Å². The lowest BCUT2D eigenvalue weighted by Crippen LogP contribution is -2.66. The van der Waals surface area contributed by atoms with Gasteiger partial charge in [0.1, 0.15) is 11.7 Å². The third-order valence-electron chi connectivity index (χ3n) is 11.5. The maximum atomic E-state index is 13.3. The van der Waals surface area contributed by atoms with E-state index < -0.39 is 69.7 Å². The minimum absolute atomic E-state index is 0.108. The number of ether oxygens (including phenoxy) is 2. The number of rotatable bonds is 15. The van der Waals surface area contributed by atoms with E-state index in [1.807, 2.05) is 13.8 Å². The lowest BCUT2D eigenvalue weighted by atomic mass is 9.59. The van der Waals surface area contributed by atoms with Crippen molar-refractivity contribution in [1.82, 2.24) is 0 Å². The number of hydrogen-bond acceptors (Lipinski definition) is 8. The molecule has 0 bridgehead atoms. The van der Waals surface area contributed by atoms with Crippen molar-refractivity contribution in [3.8, 4) is 0 Å². The lowest BCUT2D eigenvalue weighted by molar-refractivity contribution is -0.228. The van der Waals surface area contributed by atoms with Gasteiger partial charge in [-0.1, -0.05) is 104 Å². The number of unbranched alkanes of at least 4 members (excludes halogenated alkanes) is 10. The topological polar surface area (TPSA) is 130 Å². The van der Waals surface area contributed by atoms with Gasteiger partial charge in [-0.05, 0) is 24.5 Å². The molecule has 0 aromatic carbocycles. The number of aliphatic hydroxyl groups is 3. The molecule has 0 spiro atoms. The van der Waals surface area contributed by atoms with Crippen LogP contribution in [0.15, 0.2) is 23.3 Å². The van der Waals surface area contributed by atoms with Crippen LogP contribution in [-0.4, -0.2) is 62.6 Å². The Morgan fingerprint density at radius 3 is 2.07 bits per heavy atom. The molecule has 8 atom stereocenters. The molecule has 4 aliphatic rings. The molecule has 0 saturated heterocycles. The molecule has 4 aliphatic carbocycles. The first-order valence-corrected chi connectivity index (χ1v) is 17.1. The van der Waals surface area contributed by atoms with E-state index in [0.717, 1.165) is 19.3 Å². The van der Waals surface area contributed by atoms with Gasteiger partial charge in [-0.2, -0.15) is 0 Å². The second-order valence-electron chi connectivity index (χ2n) is 14.7. The second-order valence-corrected chi connectivity index (χ2v) is 14.7. The van der Waals surface area contributed by atoms with Crippen LogP contribution in [0.3, 0.4) is 0 Å². The number of ketones is 1. The number of aliphatic hydroxyl groups excluding tert-OH is 1. The van der Waals surface area contributed by atoms with E-state index in [4.69, 9.17) is 9.47 Å². The Bertz CT molecular complexity index is 1150. The largest absolute Gasteiger partial charge is 0.458 e. The highest BCUT2D eigenvalue weighted by atomic mass is 16.6. The van der Waals surface area contributed by atoms with Crippen molar-refractivity contribution >= 4 is 17.7 Å². The van der Waals surface area contributed by atoms with Crippen LogP contribution in [0.1, 0.15) is 125 Å². The number of hydrogen-bond donors (Lipinski definition) is 3. The van der Waals surface area contributed by atoms with E-state index in [9.17, 15) is 29.7 Å². The second kappa shape index (κ2) is 13.4. The minimum Gasteiger partial charge on any atom is -0.458 e. The molecule has 0 aromatic rings. The van der Waals surface area contributed by atoms with Crippen molar-refractivity contribution in [2.75, 3.05) is 6.61 Å². The highest BCUT2D eigenvalue weighted by Gasteiger charge is 2.87. The third kappa shape index (κ3) is 5.84. The summed E-state index contributed by atoms with van der Waals surface area (Å²) in [5.74, 6) is -4.29. The Morgan fingerprint density at radius 2 is 1.52 bits per heavy atom. The molecule has 4 rings (SSSR count). The predicted molar refractivity (Wildman–Crippen MR) is 167 cm³/mol. The van der Waals surface area contributed by atoms with Crippen LogP contribution in [0.25, 0.3) is 0 Å². The lowest BCUT2D eigenvalue weighted by Gasteiger charge is -2.53. The standard InChI is InChI=1S/C36H56O8/c1-7-8-9-10-11-12-13-14-15-16-17-18-29(39)43-32-24(3)35(42)27(30-33(5,6)36(30,32)44-25(4)38)20-26(22-37)21-34(41)28(35)19-23(2)31(34)40/h19-20,24,27-28,30,32,37,41-42H,7-18,21-22H2,1-6H3/t24-,27-,28+,30+,32+,34+,35+,36+/m0/s1. The molecule has 2 fully saturated rings. The van der Waals surface area contributed by atoms with Gasteiger partial charge in [-0.3, -0.25) is 14.4 Å². The molecule has 0 unspecified atom stereocenters. The van der Waals surface area contributed by atoms with Gasteiger partial charge in [-0.25, -0.2) is 0 Å². The van der Waals surface area contributed by atoms with Gasteiger partial charge < -0.3 is 24.8 Å². The molecule has 0 aliphatic heterocycles. The summed E-state index contributed by atoms with van der Waals surface area (Å²) < 4.78 is 12.3. The smallest absolute Gasteiger partial charge is 0.306 e. The summed E-state index contributed by atoms with van der Waals surface area (Å²) in [4.78, 5) is 39.1. The summed E-state index contributed by atoms with van der Waals surface area (Å²) >= 11 is 0. The van der Waals surface area contributed by atoms with E-state index in [-0.39, 0.29) is 19.4 Å². The van der Waals surface area contributed by atoms with Crippen molar-refractivity contribution in [1.29, 1.82) is 0 Å². The average molecular weight is 617 g/mol. The Balaban J connectivity index is 1.51. The zero-order valence-corrected chi connectivity index (χ0v) is 27.8. The van der Waals surface area contributed by atoms with Crippen molar-refractivity contribution in [2.24, 2.45) is 29.1 Å². The van der Waals surface area contributed by atoms with E-state index in [0.29, 0.717) is 17.6 Å². The zero-order valence-electron chi connectivity index (χ0n) is 27.8. The van der Waals surface area contributed by atoms with Crippen molar-refractivity contribution in [2.45, 2.75) is 148 Å². The van der Waals surface area contributed by atoms with Crippen molar-refractivity contribution in [3.05, 3.63) is 23.3 Å². The molecule has 2 saturated carbocycles. The zero-order chi connectivity index (χ0) is 32.5. The van der Waals surface area contributed by atoms with Crippen molar-refractivity contribution in [3.63, 3.8) is 0 Å². The van der Waals surface area contributed by atoms with Gasteiger partial charge in [0.25, 0.3) is 0 Å². The summed E-state index contributed by atoms with van der Waals surface area (Å²) in [6, 6.07) is 0. The molecule has 0 radical (unpaired) electrons. The van der Waals surface area contributed by atoms with Crippen LogP contribution in [-0.2, 0) is 23.9 Å². The molecule has 0 amide bonds. The van der Waals surface area contributed by atoms with Gasteiger partial charge in [-0.15, -0.1) is 0 Å². The summed E-state index contributed by atoms with van der Waals surface area (Å²) in [6.07, 6.45) is 15.4. The minimum atomic E-state index is -1.93. The molecule has 0 aromatic heterocycles.